The number of likely N-dealkylation sites (tertiary alicyclic amines) is 1. The van der Waals surface area contributed by atoms with E-state index in [-0.39, 0.29) is 25.3 Å². The summed E-state index contributed by atoms with van der Waals surface area (Å²) in [6.45, 7) is 9.57. The monoisotopic (exact) mass is 583 g/mol. The van der Waals surface area contributed by atoms with Gasteiger partial charge in [0.2, 0.25) is 0 Å². The Morgan fingerprint density at radius 3 is 2.61 bits per heavy atom. The van der Waals surface area contributed by atoms with E-state index in [1.54, 1.807) is 15.8 Å². The molecule has 0 spiro atoms. The minimum atomic E-state index is -1.28. The van der Waals surface area contributed by atoms with E-state index in [9.17, 15) is 13.2 Å². The van der Waals surface area contributed by atoms with Crippen LogP contribution in [0.5, 0.6) is 0 Å². The fraction of sp³-hybridized carbons (Fsp3) is 0.483. The molecular weight excluding hydrogens is 547 g/mol. The van der Waals surface area contributed by atoms with Crippen molar-refractivity contribution in [3.05, 3.63) is 60.1 Å². The van der Waals surface area contributed by atoms with Crippen LogP contribution in [-0.2, 0) is 11.5 Å². The molecule has 1 aromatic carbocycles. The molecule has 218 valence electrons. The van der Waals surface area contributed by atoms with E-state index in [1.165, 1.54) is 0 Å². The number of fused-ring (bicyclic) bond motifs is 1. The Kier molecular flexibility index (Phi) is 7.41. The highest BCUT2D eigenvalue weighted by Gasteiger charge is 2.38. The normalized spacial score (nSPS) is 20.3. The van der Waals surface area contributed by atoms with Crippen LogP contribution < -0.4 is 4.90 Å². The van der Waals surface area contributed by atoms with Gasteiger partial charge in [-0.25, -0.2) is 22.8 Å². The predicted molar refractivity (Wildman–Crippen MR) is 155 cm³/mol. The molecule has 5 heterocycles. The second kappa shape index (κ2) is 10.9. The number of alkyl halides is 1. The first-order valence-corrected chi connectivity index (χ1v) is 17.8. The van der Waals surface area contributed by atoms with Crippen LogP contribution in [0, 0.1) is 11.6 Å². The van der Waals surface area contributed by atoms with E-state index in [1.807, 2.05) is 23.1 Å². The van der Waals surface area contributed by atoms with Gasteiger partial charge in [0, 0.05) is 63.3 Å². The van der Waals surface area contributed by atoms with Crippen LogP contribution in [0.4, 0.5) is 19.0 Å². The number of likely N-dealkylation sites (N-methyl/N-ethyl adjacent to an activating group) is 1. The van der Waals surface area contributed by atoms with Crippen LogP contribution in [-0.4, -0.2) is 77.0 Å². The van der Waals surface area contributed by atoms with Crippen molar-refractivity contribution in [2.45, 2.75) is 57.1 Å². The molecule has 2 saturated heterocycles. The number of hydrogen-bond acceptors (Lipinski definition) is 6. The summed E-state index contributed by atoms with van der Waals surface area (Å²) in [6, 6.07) is 5.93. The van der Waals surface area contributed by atoms with Crippen LogP contribution in [0.2, 0.25) is 25.7 Å². The van der Waals surface area contributed by atoms with E-state index < -0.39 is 31.9 Å². The topological polar surface area (TPSA) is 64.2 Å². The first-order valence-electron chi connectivity index (χ1n) is 14.1. The van der Waals surface area contributed by atoms with E-state index in [0.717, 1.165) is 48.5 Å². The second-order valence-electron chi connectivity index (χ2n) is 12.5. The van der Waals surface area contributed by atoms with Gasteiger partial charge in [-0.3, -0.25) is 4.68 Å². The van der Waals surface area contributed by atoms with Crippen LogP contribution in [0.3, 0.4) is 0 Å². The zero-order chi connectivity index (χ0) is 28.9. The van der Waals surface area contributed by atoms with Gasteiger partial charge in [-0.1, -0.05) is 19.6 Å². The molecule has 8 nitrogen and oxygen atoms in total. The van der Waals surface area contributed by atoms with Crippen molar-refractivity contribution in [2.75, 3.05) is 38.2 Å². The number of anilines is 1. The Balaban J connectivity index is 1.38. The van der Waals surface area contributed by atoms with E-state index >= 15 is 0 Å². The van der Waals surface area contributed by atoms with Crippen LogP contribution in [0.15, 0.2) is 42.9 Å². The summed E-state index contributed by atoms with van der Waals surface area (Å²) in [5, 5.41) is 10.1. The Labute approximate surface area is 238 Å². The van der Waals surface area contributed by atoms with E-state index in [2.05, 4.69) is 36.7 Å². The lowest BCUT2D eigenvalue weighted by atomic mass is 10.0. The highest BCUT2D eigenvalue weighted by molar-refractivity contribution is 6.76. The third-order valence-corrected chi connectivity index (χ3v) is 9.67. The van der Waals surface area contributed by atoms with Gasteiger partial charge >= 0.3 is 0 Å². The predicted octanol–water partition coefficient (Wildman–Crippen LogP) is 5.66. The molecule has 0 saturated carbocycles. The molecule has 2 aliphatic rings. The average Bonchev–Trinajstić information content (AvgIpc) is 3.62. The Morgan fingerprint density at radius 2 is 1.85 bits per heavy atom. The molecule has 2 fully saturated rings. The molecule has 0 unspecified atom stereocenters. The first kappa shape index (κ1) is 27.9. The summed E-state index contributed by atoms with van der Waals surface area (Å²) in [5.74, 6) is -0.653. The van der Waals surface area contributed by atoms with Crippen LogP contribution in [0.25, 0.3) is 22.2 Å². The van der Waals surface area contributed by atoms with E-state index in [0.29, 0.717) is 29.5 Å². The van der Waals surface area contributed by atoms with Crippen LogP contribution in [0.1, 0.15) is 24.1 Å². The SMILES string of the molecule is CN1CC(n2cc(-c3cnc4c(c3)c(N3C[C@@H](F)C[C@@H]3c3cc(F)ccc3F)nn4COCC[Si](C)(C)C)cn2)C1. The zero-order valence-corrected chi connectivity index (χ0v) is 24.9. The third-order valence-electron chi connectivity index (χ3n) is 7.97. The number of ether oxygens (including phenoxy) is 1. The van der Waals surface area contributed by atoms with E-state index in [4.69, 9.17) is 14.8 Å². The lowest BCUT2D eigenvalue weighted by Gasteiger charge is -2.36. The van der Waals surface area contributed by atoms with Gasteiger partial charge < -0.3 is 14.5 Å². The van der Waals surface area contributed by atoms with Gasteiger partial charge in [-0.15, -0.1) is 0 Å². The number of benzene rings is 1. The van der Waals surface area contributed by atoms with Gasteiger partial charge in [0.25, 0.3) is 0 Å². The number of rotatable bonds is 9. The summed E-state index contributed by atoms with van der Waals surface area (Å²) in [6.07, 6.45) is 4.44. The van der Waals surface area contributed by atoms with Gasteiger partial charge in [0.05, 0.1) is 30.2 Å². The number of pyridine rings is 1. The summed E-state index contributed by atoms with van der Waals surface area (Å²) in [7, 11) is 0.799. The Morgan fingerprint density at radius 1 is 1.05 bits per heavy atom. The van der Waals surface area contributed by atoms with Crippen molar-refractivity contribution >= 4 is 24.9 Å². The number of aromatic nitrogens is 5. The molecule has 12 heteroatoms. The summed E-state index contributed by atoms with van der Waals surface area (Å²) in [5.41, 5.74) is 2.47. The molecule has 41 heavy (non-hydrogen) atoms. The van der Waals surface area contributed by atoms with Gasteiger partial charge in [-0.05, 0) is 37.4 Å². The quantitative estimate of drug-likeness (QED) is 0.187. The molecule has 4 aromatic rings. The highest BCUT2D eigenvalue weighted by atomic mass is 28.3. The summed E-state index contributed by atoms with van der Waals surface area (Å²) < 4.78 is 53.6. The largest absolute Gasteiger partial charge is 0.359 e. The highest BCUT2D eigenvalue weighted by Crippen LogP contribution is 2.41. The second-order valence-corrected chi connectivity index (χ2v) is 18.1. The fourth-order valence-electron chi connectivity index (χ4n) is 5.64. The average molecular weight is 584 g/mol. The van der Waals surface area contributed by atoms with Crippen molar-refractivity contribution in [1.29, 1.82) is 0 Å². The van der Waals surface area contributed by atoms with Crippen molar-refractivity contribution in [2.24, 2.45) is 0 Å². The first-order chi connectivity index (χ1) is 19.6. The third kappa shape index (κ3) is 5.77. The Bertz CT molecular complexity index is 1550. The molecule has 0 N–H and O–H groups in total. The molecule has 0 amide bonds. The van der Waals surface area contributed by atoms with Gasteiger partial charge in [0.1, 0.15) is 24.5 Å². The fourth-order valence-corrected chi connectivity index (χ4v) is 6.39. The summed E-state index contributed by atoms with van der Waals surface area (Å²) in [4.78, 5) is 8.73. The molecule has 0 bridgehead atoms. The lowest BCUT2D eigenvalue weighted by molar-refractivity contribution is 0.0814. The molecule has 2 aliphatic heterocycles. The van der Waals surface area contributed by atoms with Crippen LogP contribution >= 0.6 is 0 Å². The molecular formula is C29H36F3N7OSi. The minimum absolute atomic E-state index is 0.0145. The molecule has 2 atom stereocenters. The molecule has 3 aromatic heterocycles. The van der Waals surface area contributed by atoms with Gasteiger partial charge in [0.15, 0.2) is 11.5 Å². The van der Waals surface area contributed by atoms with Crippen molar-refractivity contribution < 1.29 is 17.9 Å². The smallest absolute Gasteiger partial charge is 0.162 e. The molecule has 0 radical (unpaired) electrons. The standard InChI is InChI=1S/C29H36F3N7OSi/c1-36-16-23(17-36)38-14-20(13-34-38)19-9-25-28(33-12-19)39(18-40-7-8-41(2,3)4)35-29(25)37-15-22(31)11-27(37)24-10-21(30)5-6-26(24)32/h5-6,9-10,12-14,22-23,27H,7-8,11,15-18H2,1-4H3/t22-,27+/m0/s1. The van der Waals surface area contributed by atoms with Crippen molar-refractivity contribution in [1.82, 2.24) is 29.4 Å². The van der Waals surface area contributed by atoms with Crippen molar-refractivity contribution in [3.8, 4) is 11.1 Å². The maximum Gasteiger partial charge on any atom is 0.162 e. The summed E-state index contributed by atoms with van der Waals surface area (Å²) >= 11 is 0. The molecule has 6 rings (SSSR count). The maximum atomic E-state index is 14.9. The Hall–Kier alpha value is -3.22. The van der Waals surface area contributed by atoms with Crippen molar-refractivity contribution in [3.63, 3.8) is 0 Å². The number of hydrogen-bond donors (Lipinski definition) is 0. The van der Waals surface area contributed by atoms with Gasteiger partial charge in [-0.2, -0.15) is 10.2 Å². The lowest BCUT2D eigenvalue weighted by Crippen LogP contribution is -2.45. The maximum absolute atomic E-state index is 14.9. The zero-order valence-electron chi connectivity index (χ0n) is 23.9. The minimum Gasteiger partial charge on any atom is -0.359 e. The molecule has 0 aliphatic carbocycles. The number of halogens is 3. The number of nitrogens with zero attached hydrogens (tertiary/aromatic N) is 7.